The zero-order valence-corrected chi connectivity index (χ0v) is 21.1. The third-order valence-corrected chi connectivity index (χ3v) is 7.35. The lowest BCUT2D eigenvalue weighted by atomic mass is 9.74. The highest BCUT2D eigenvalue weighted by atomic mass is 16.5. The molecule has 3 atom stereocenters. The molecule has 0 spiro atoms. The molecule has 1 aromatic heterocycles. The van der Waals surface area contributed by atoms with Crippen molar-refractivity contribution >= 4 is 11.7 Å². The van der Waals surface area contributed by atoms with Crippen molar-refractivity contribution in [3.8, 4) is 17.6 Å². The normalized spacial score (nSPS) is 21.4. The summed E-state index contributed by atoms with van der Waals surface area (Å²) >= 11 is 0. The molecule has 2 amide bonds. The third-order valence-electron chi connectivity index (χ3n) is 7.35. The Bertz CT molecular complexity index is 1250. The number of aromatic nitrogens is 1. The topological polar surface area (TPSA) is 83.7 Å². The van der Waals surface area contributed by atoms with E-state index < -0.39 is 0 Å². The van der Waals surface area contributed by atoms with Gasteiger partial charge in [0, 0.05) is 55.1 Å². The van der Waals surface area contributed by atoms with E-state index in [0.29, 0.717) is 13.1 Å². The highest BCUT2D eigenvalue weighted by Gasteiger charge is 2.49. The van der Waals surface area contributed by atoms with E-state index in [1.165, 1.54) is 5.56 Å². The van der Waals surface area contributed by atoms with Crippen molar-refractivity contribution in [2.24, 2.45) is 5.73 Å². The van der Waals surface area contributed by atoms with Crippen LogP contribution in [0, 0.1) is 11.8 Å². The highest BCUT2D eigenvalue weighted by molar-refractivity contribution is 5.89. The number of pyridine rings is 1. The van der Waals surface area contributed by atoms with E-state index in [9.17, 15) is 4.79 Å². The maximum Gasteiger partial charge on any atom is 0.321 e. The Hall–Kier alpha value is -3.86. The van der Waals surface area contributed by atoms with Gasteiger partial charge in [0.05, 0.1) is 7.11 Å². The molecule has 0 bridgehead atoms. The number of nitrogens with zero attached hydrogens (tertiary/aromatic N) is 3. The molecule has 7 heteroatoms. The molecule has 7 nitrogen and oxygen atoms in total. The quantitative estimate of drug-likeness (QED) is 0.536. The number of urea groups is 1. The number of carbonyl (C=O) groups excluding carboxylic acids is 1. The third kappa shape index (κ3) is 5.61. The fourth-order valence-electron chi connectivity index (χ4n) is 5.43. The number of fused-ring (bicyclic) bond motifs is 1. The van der Waals surface area contributed by atoms with E-state index in [0.717, 1.165) is 48.6 Å². The van der Waals surface area contributed by atoms with E-state index in [1.807, 2.05) is 47.4 Å². The van der Waals surface area contributed by atoms with E-state index in [4.69, 9.17) is 10.5 Å². The number of ether oxygens (including phenoxy) is 1. The number of hydrogen-bond acceptors (Lipinski definition) is 5. The average Bonchev–Trinajstić information content (AvgIpc) is 2.92. The number of benzene rings is 2. The van der Waals surface area contributed by atoms with Crippen molar-refractivity contribution in [3.05, 3.63) is 89.7 Å². The van der Waals surface area contributed by atoms with Crippen LogP contribution in [0.25, 0.3) is 0 Å². The zero-order chi connectivity index (χ0) is 25.6. The average molecular weight is 496 g/mol. The molecule has 5 rings (SSSR count). The van der Waals surface area contributed by atoms with Gasteiger partial charge in [-0.2, -0.15) is 0 Å². The van der Waals surface area contributed by atoms with Crippen LogP contribution in [0.15, 0.2) is 72.9 Å². The number of amides is 2. The van der Waals surface area contributed by atoms with E-state index >= 15 is 0 Å². The van der Waals surface area contributed by atoms with Crippen molar-refractivity contribution in [1.82, 2.24) is 14.8 Å². The van der Waals surface area contributed by atoms with Gasteiger partial charge in [0.2, 0.25) is 0 Å². The minimum atomic E-state index is -0.0675. The van der Waals surface area contributed by atoms with Crippen LogP contribution in [0.2, 0.25) is 0 Å². The molecule has 3 unspecified atom stereocenters. The van der Waals surface area contributed by atoms with Crippen LogP contribution in [0.5, 0.6) is 5.75 Å². The van der Waals surface area contributed by atoms with Crippen LogP contribution >= 0.6 is 0 Å². The number of nitrogens with two attached hydrogens (primary N) is 1. The second-order valence-electron chi connectivity index (χ2n) is 9.53. The maximum atomic E-state index is 13.2. The number of rotatable bonds is 4. The summed E-state index contributed by atoms with van der Waals surface area (Å²) in [5, 5.41) is 3.05. The summed E-state index contributed by atoms with van der Waals surface area (Å²) < 4.78 is 5.22. The van der Waals surface area contributed by atoms with Crippen LogP contribution < -0.4 is 15.8 Å². The summed E-state index contributed by atoms with van der Waals surface area (Å²) in [6, 6.07) is 22.1. The molecule has 3 heterocycles. The van der Waals surface area contributed by atoms with Gasteiger partial charge < -0.3 is 20.7 Å². The molecule has 3 N–H and O–H groups in total. The fraction of sp³-hybridized carbons (Fsp3) is 0.333. The predicted octanol–water partition coefficient (Wildman–Crippen LogP) is 3.91. The molecule has 0 aliphatic carbocycles. The van der Waals surface area contributed by atoms with Gasteiger partial charge in [-0.3, -0.25) is 4.90 Å². The second kappa shape index (κ2) is 11.5. The van der Waals surface area contributed by atoms with Gasteiger partial charge >= 0.3 is 6.03 Å². The largest absolute Gasteiger partial charge is 0.497 e. The first-order valence-corrected chi connectivity index (χ1v) is 12.8. The number of nitrogens with one attached hydrogen (secondary N) is 1. The van der Waals surface area contributed by atoms with E-state index in [1.54, 1.807) is 13.3 Å². The summed E-state index contributed by atoms with van der Waals surface area (Å²) in [5.41, 5.74) is 9.96. The van der Waals surface area contributed by atoms with Gasteiger partial charge in [0.1, 0.15) is 11.4 Å². The van der Waals surface area contributed by atoms with Gasteiger partial charge in [-0.1, -0.05) is 24.1 Å². The Morgan fingerprint density at radius 2 is 1.84 bits per heavy atom. The van der Waals surface area contributed by atoms with Crippen molar-refractivity contribution in [3.63, 3.8) is 0 Å². The smallest absolute Gasteiger partial charge is 0.321 e. The van der Waals surface area contributed by atoms with Crippen LogP contribution in [0.4, 0.5) is 10.5 Å². The van der Waals surface area contributed by atoms with Crippen LogP contribution in [0.1, 0.15) is 35.6 Å². The van der Waals surface area contributed by atoms with Crippen molar-refractivity contribution < 1.29 is 9.53 Å². The first-order chi connectivity index (χ1) is 18.2. The monoisotopic (exact) mass is 495 g/mol. The van der Waals surface area contributed by atoms with Gasteiger partial charge in [-0.05, 0) is 79.4 Å². The Labute approximate surface area is 218 Å². The van der Waals surface area contributed by atoms with Crippen molar-refractivity contribution in [2.75, 3.05) is 38.6 Å². The van der Waals surface area contributed by atoms with Gasteiger partial charge in [-0.25, -0.2) is 9.78 Å². The van der Waals surface area contributed by atoms with E-state index in [-0.39, 0.29) is 24.0 Å². The van der Waals surface area contributed by atoms with Crippen LogP contribution in [-0.4, -0.2) is 66.2 Å². The Morgan fingerprint density at radius 3 is 2.54 bits per heavy atom. The maximum absolute atomic E-state index is 13.2. The lowest BCUT2D eigenvalue weighted by molar-refractivity contribution is -0.0305. The molecule has 2 aliphatic rings. The van der Waals surface area contributed by atoms with Gasteiger partial charge in [0.25, 0.3) is 0 Å². The standard InChI is InChI=1S/C30H33N5O2/c1-37-26-15-13-25(14-16-26)33-30(36)34-18-4-5-19-35-27(20-31)29(28(35)21-34)23-10-7-22(8-11-23)9-12-24-6-2-3-17-32-24/h2-3,6-8,10-11,13-17,27-29H,4-5,18-21,31H2,1H3,(H,33,36). The minimum absolute atomic E-state index is 0.0675. The van der Waals surface area contributed by atoms with Gasteiger partial charge in [-0.15, -0.1) is 0 Å². The van der Waals surface area contributed by atoms with Crippen LogP contribution in [-0.2, 0) is 0 Å². The minimum Gasteiger partial charge on any atom is -0.497 e. The number of methoxy groups -OCH3 is 1. The summed E-state index contributed by atoms with van der Waals surface area (Å²) in [5.74, 6) is 7.35. The molecule has 2 aromatic carbocycles. The molecule has 2 saturated heterocycles. The van der Waals surface area contributed by atoms with Gasteiger partial charge in [0.15, 0.2) is 0 Å². The lowest BCUT2D eigenvalue weighted by Crippen LogP contribution is -2.68. The molecule has 0 radical (unpaired) electrons. The molecule has 2 aliphatic heterocycles. The molecular weight excluding hydrogens is 462 g/mol. The fourth-order valence-corrected chi connectivity index (χ4v) is 5.43. The molecule has 190 valence electrons. The molecule has 2 fully saturated rings. The summed E-state index contributed by atoms with van der Waals surface area (Å²) in [4.78, 5) is 21.9. The van der Waals surface area contributed by atoms with Crippen molar-refractivity contribution in [2.45, 2.75) is 30.8 Å². The van der Waals surface area contributed by atoms with E-state index in [2.05, 4.69) is 51.3 Å². The Kier molecular flexibility index (Phi) is 7.69. The summed E-state index contributed by atoms with van der Waals surface area (Å²) in [7, 11) is 1.63. The number of carbonyl (C=O) groups is 1. The lowest BCUT2D eigenvalue weighted by Gasteiger charge is -2.57. The molecule has 3 aromatic rings. The second-order valence-corrected chi connectivity index (χ2v) is 9.53. The first kappa shape index (κ1) is 24.8. The van der Waals surface area contributed by atoms with Crippen molar-refractivity contribution in [1.29, 1.82) is 0 Å². The number of hydrogen-bond donors (Lipinski definition) is 2. The SMILES string of the molecule is COc1ccc(NC(=O)N2CCCCN3C(CN)C(c4ccc(C#Cc5ccccn5)cc4)C3C2)cc1. The molecule has 37 heavy (non-hydrogen) atoms. The first-order valence-electron chi connectivity index (χ1n) is 12.8. The Morgan fingerprint density at radius 1 is 1.05 bits per heavy atom. The van der Waals surface area contributed by atoms with Crippen LogP contribution in [0.3, 0.4) is 0 Å². The number of anilines is 1. The summed E-state index contributed by atoms with van der Waals surface area (Å²) in [6.45, 7) is 3.03. The Balaban J connectivity index is 1.30. The highest BCUT2D eigenvalue weighted by Crippen LogP contribution is 2.41. The predicted molar refractivity (Wildman–Crippen MR) is 146 cm³/mol. The zero-order valence-electron chi connectivity index (χ0n) is 21.1. The molecular formula is C30H33N5O2. The molecule has 0 saturated carbocycles. The summed E-state index contributed by atoms with van der Waals surface area (Å²) in [6.07, 6.45) is 3.77.